The fourth-order valence-electron chi connectivity index (χ4n) is 2.48. The lowest BCUT2D eigenvalue weighted by Gasteiger charge is -2.15. The molecule has 0 saturated carbocycles. The Hall–Kier alpha value is -1.05. The van der Waals surface area contributed by atoms with Crippen LogP contribution in [0.15, 0.2) is 11.2 Å². The summed E-state index contributed by atoms with van der Waals surface area (Å²) in [4.78, 5) is 4.13. The topological polar surface area (TPSA) is 88.4 Å². The molecule has 1 fully saturated rings. The summed E-state index contributed by atoms with van der Waals surface area (Å²) in [7, 11) is -1.64. The van der Waals surface area contributed by atoms with Gasteiger partial charge in [0.1, 0.15) is 0 Å². The Bertz CT molecular complexity index is 718. The summed E-state index contributed by atoms with van der Waals surface area (Å²) in [6, 6.07) is -0.288. The largest absolute Gasteiger partial charge is 0.435 e. The molecule has 0 amide bonds. The van der Waals surface area contributed by atoms with Crippen LogP contribution < -0.4 is 10.6 Å². The first-order chi connectivity index (χ1) is 11.1. The van der Waals surface area contributed by atoms with Crippen LogP contribution in [0.1, 0.15) is 24.6 Å². The molecule has 1 unspecified atom stereocenters. The van der Waals surface area contributed by atoms with Gasteiger partial charge in [-0.15, -0.1) is 24.0 Å². The molecule has 2 rings (SSSR count). The van der Waals surface area contributed by atoms with E-state index in [1.165, 1.54) is 13.2 Å². The molecular weight excluding hydrogens is 474 g/mol. The van der Waals surface area contributed by atoms with Gasteiger partial charge in [-0.1, -0.05) is 0 Å². The fraction of sp³-hybridized carbons (Fsp3) is 0.692. The maximum Gasteiger partial charge on any atom is 0.435 e. The number of rotatable bonds is 4. The van der Waals surface area contributed by atoms with E-state index in [-0.39, 0.29) is 59.6 Å². The van der Waals surface area contributed by atoms with Gasteiger partial charge in [0.25, 0.3) is 0 Å². The lowest BCUT2D eigenvalue weighted by atomic mass is 10.2. The number of nitrogens with zero attached hydrogens (tertiary/aromatic N) is 3. The normalized spacial score (nSPS) is 20.2. The van der Waals surface area contributed by atoms with E-state index in [2.05, 4.69) is 20.7 Å². The van der Waals surface area contributed by atoms with Crippen molar-refractivity contribution in [1.82, 2.24) is 20.4 Å². The maximum atomic E-state index is 12.9. The molecule has 1 aliphatic rings. The molecule has 1 aliphatic heterocycles. The standard InChI is InChI=1S/C13H20F3N5O2S.HI/c1-3-17-12(19-10-4-5-24(22,23)8-10)18-6-9-7-21(2)20-11(9)13(14,15)16;/h7,10H,3-6,8H2,1-2H3,(H2,17,18,19);1H. The minimum absolute atomic E-state index is 0. The quantitative estimate of drug-likeness (QED) is 0.374. The van der Waals surface area contributed by atoms with Crippen molar-refractivity contribution in [3.63, 3.8) is 0 Å². The summed E-state index contributed by atoms with van der Waals surface area (Å²) in [5.74, 6) is 0.389. The van der Waals surface area contributed by atoms with Crippen molar-refractivity contribution in [1.29, 1.82) is 0 Å². The molecule has 0 aliphatic carbocycles. The first-order valence-corrected chi connectivity index (χ1v) is 9.28. The number of hydrogen-bond acceptors (Lipinski definition) is 4. The molecule has 0 bridgehead atoms. The number of aliphatic imine (C=N–C) groups is 1. The van der Waals surface area contributed by atoms with Crippen LogP contribution in [0.25, 0.3) is 0 Å². The Morgan fingerprint density at radius 1 is 1.48 bits per heavy atom. The van der Waals surface area contributed by atoms with Crippen LogP contribution >= 0.6 is 24.0 Å². The Kier molecular flexibility index (Phi) is 7.53. The molecule has 0 aromatic carbocycles. The molecule has 0 spiro atoms. The van der Waals surface area contributed by atoms with Crippen molar-refractivity contribution in [2.24, 2.45) is 12.0 Å². The number of nitrogens with one attached hydrogen (secondary N) is 2. The second kappa shape index (κ2) is 8.56. The molecular formula is C13H21F3IN5O2S. The summed E-state index contributed by atoms with van der Waals surface area (Å²) < 4.78 is 62.8. The van der Waals surface area contributed by atoms with E-state index in [1.807, 2.05) is 6.92 Å². The lowest BCUT2D eigenvalue weighted by molar-refractivity contribution is -0.142. The SMILES string of the molecule is CCNC(=NCc1cn(C)nc1C(F)(F)F)NC1CCS(=O)(=O)C1.I. The zero-order chi connectivity index (χ0) is 18.0. The molecule has 1 atom stereocenters. The molecule has 12 heteroatoms. The summed E-state index contributed by atoms with van der Waals surface area (Å²) in [6.45, 7) is 2.11. The first-order valence-electron chi connectivity index (χ1n) is 7.45. The van der Waals surface area contributed by atoms with Crippen molar-refractivity contribution < 1.29 is 21.6 Å². The van der Waals surface area contributed by atoms with Crippen molar-refractivity contribution >= 4 is 39.8 Å². The summed E-state index contributed by atoms with van der Waals surface area (Å²) in [6.07, 6.45) is -2.82. The number of alkyl halides is 3. The van der Waals surface area contributed by atoms with E-state index in [0.717, 1.165) is 4.68 Å². The lowest BCUT2D eigenvalue weighted by Crippen LogP contribution is -2.44. The third-order valence-electron chi connectivity index (χ3n) is 3.50. The number of guanidine groups is 1. The van der Waals surface area contributed by atoms with Gasteiger partial charge in [0.15, 0.2) is 21.5 Å². The summed E-state index contributed by atoms with van der Waals surface area (Å²) in [5, 5.41) is 9.30. The second-order valence-electron chi connectivity index (χ2n) is 5.61. The number of hydrogen-bond donors (Lipinski definition) is 2. The molecule has 1 aromatic heterocycles. The van der Waals surface area contributed by atoms with Gasteiger partial charge >= 0.3 is 6.18 Å². The zero-order valence-electron chi connectivity index (χ0n) is 13.8. The van der Waals surface area contributed by atoms with Gasteiger partial charge in [-0.05, 0) is 13.3 Å². The Balaban J connectivity index is 0.00000312. The van der Waals surface area contributed by atoms with Gasteiger partial charge < -0.3 is 10.6 Å². The third kappa shape index (κ3) is 6.31. The molecule has 1 saturated heterocycles. The van der Waals surface area contributed by atoms with Crippen LogP contribution in [0.3, 0.4) is 0 Å². The minimum atomic E-state index is -4.54. The van der Waals surface area contributed by atoms with Gasteiger partial charge in [0, 0.05) is 31.4 Å². The van der Waals surface area contributed by atoms with Crippen molar-refractivity contribution in [3.8, 4) is 0 Å². The Labute approximate surface area is 161 Å². The van der Waals surface area contributed by atoms with Gasteiger partial charge in [-0.25, -0.2) is 13.4 Å². The summed E-state index contributed by atoms with van der Waals surface area (Å²) >= 11 is 0. The molecule has 2 N–H and O–H groups in total. The van der Waals surface area contributed by atoms with Gasteiger partial charge in [-0.3, -0.25) is 4.68 Å². The molecule has 144 valence electrons. The zero-order valence-corrected chi connectivity index (χ0v) is 16.9. The van der Waals surface area contributed by atoms with E-state index >= 15 is 0 Å². The highest BCUT2D eigenvalue weighted by Gasteiger charge is 2.36. The average Bonchev–Trinajstić information content (AvgIpc) is 2.98. The second-order valence-corrected chi connectivity index (χ2v) is 7.84. The highest BCUT2D eigenvalue weighted by Crippen LogP contribution is 2.30. The molecule has 7 nitrogen and oxygen atoms in total. The minimum Gasteiger partial charge on any atom is -0.357 e. The fourth-order valence-corrected chi connectivity index (χ4v) is 4.15. The number of aryl methyl sites for hydroxylation is 1. The maximum absolute atomic E-state index is 12.9. The molecule has 0 radical (unpaired) electrons. The average molecular weight is 495 g/mol. The van der Waals surface area contributed by atoms with Gasteiger partial charge in [0.2, 0.25) is 0 Å². The van der Waals surface area contributed by atoms with Crippen LogP contribution in [0.2, 0.25) is 0 Å². The highest BCUT2D eigenvalue weighted by molar-refractivity contribution is 14.0. The van der Waals surface area contributed by atoms with Crippen LogP contribution in [-0.2, 0) is 29.6 Å². The van der Waals surface area contributed by atoms with E-state index in [1.54, 1.807) is 0 Å². The van der Waals surface area contributed by atoms with E-state index in [0.29, 0.717) is 13.0 Å². The van der Waals surface area contributed by atoms with Crippen LogP contribution in [-0.4, -0.2) is 48.3 Å². The number of halogens is 4. The van der Waals surface area contributed by atoms with Crippen molar-refractivity contribution in [2.45, 2.75) is 32.1 Å². The smallest absolute Gasteiger partial charge is 0.357 e. The Morgan fingerprint density at radius 2 is 2.16 bits per heavy atom. The number of sulfone groups is 1. The van der Waals surface area contributed by atoms with Crippen LogP contribution in [0.4, 0.5) is 13.2 Å². The predicted octanol–water partition coefficient (Wildman–Crippen LogP) is 1.30. The van der Waals surface area contributed by atoms with E-state index in [9.17, 15) is 21.6 Å². The third-order valence-corrected chi connectivity index (χ3v) is 5.27. The summed E-state index contributed by atoms with van der Waals surface area (Å²) in [5.41, 5.74) is -1.01. The van der Waals surface area contributed by atoms with Crippen LogP contribution in [0.5, 0.6) is 0 Å². The monoisotopic (exact) mass is 495 g/mol. The molecule has 2 heterocycles. The highest BCUT2D eigenvalue weighted by atomic mass is 127. The predicted molar refractivity (Wildman–Crippen MR) is 98.6 cm³/mol. The van der Waals surface area contributed by atoms with Gasteiger partial charge in [-0.2, -0.15) is 18.3 Å². The molecule has 25 heavy (non-hydrogen) atoms. The first kappa shape index (κ1) is 22.0. The van der Waals surface area contributed by atoms with Crippen molar-refractivity contribution in [3.05, 3.63) is 17.5 Å². The molecule has 1 aromatic rings. The van der Waals surface area contributed by atoms with Crippen LogP contribution in [0, 0.1) is 0 Å². The van der Waals surface area contributed by atoms with Crippen molar-refractivity contribution in [2.75, 3.05) is 18.1 Å². The number of aromatic nitrogens is 2. The van der Waals surface area contributed by atoms with Gasteiger partial charge in [0.05, 0.1) is 18.1 Å². The van der Waals surface area contributed by atoms with E-state index < -0.39 is 21.7 Å². The van der Waals surface area contributed by atoms with E-state index in [4.69, 9.17) is 0 Å². The Morgan fingerprint density at radius 3 is 2.68 bits per heavy atom.